The highest BCUT2D eigenvalue weighted by Crippen LogP contribution is 2.38. The van der Waals surface area contributed by atoms with Crippen LogP contribution < -0.4 is 10.1 Å². The summed E-state index contributed by atoms with van der Waals surface area (Å²) in [7, 11) is 0. The van der Waals surface area contributed by atoms with Gasteiger partial charge in [-0.1, -0.05) is 48.5 Å². The second-order valence-electron chi connectivity index (χ2n) is 6.43. The fourth-order valence-corrected chi connectivity index (χ4v) is 3.32. The standard InChI is InChI=1S/C21H18N4O5/c1-2-30-21-23-19-16-13(12-7-4-3-5-8-12)9-6-10-14(16)18(28)17(25(19)24-21)20(29)22-11-15(26)27/h3-10,28H,2,11H2,1H3,(H,22,29)(H,26,27). The van der Waals surface area contributed by atoms with Gasteiger partial charge in [-0.15, -0.1) is 5.10 Å². The number of aromatic hydroxyl groups is 1. The molecule has 0 spiro atoms. The van der Waals surface area contributed by atoms with E-state index in [1.807, 2.05) is 36.4 Å². The van der Waals surface area contributed by atoms with Gasteiger partial charge in [0.2, 0.25) is 0 Å². The van der Waals surface area contributed by atoms with Crippen LogP contribution in [-0.2, 0) is 4.79 Å². The SMILES string of the molecule is CCOc1nc2c3c(-c4ccccc4)cccc3c(O)c(C(=O)NCC(=O)O)n2n1. The number of benzene rings is 2. The van der Waals surface area contributed by atoms with Crippen LogP contribution in [0.5, 0.6) is 11.8 Å². The van der Waals surface area contributed by atoms with Crippen molar-refractivity contribution in [2.75, 3.05) is 13.2 Å². The second-order valence-corrected chi connectivity index (χ2v) is 6.43. The number of carbonyl (C=O) groups is 2. The maximum atomic E-state index is 12.7. The van der Waals surface area contributed by atoms with Gasteiger partial charge in [-0.25, -0.2) is 4.52 Å². The molecule has 30 heavy (non-hydrogen) atoms. The summed E-state index contributed by atoms with van der Waals surface area (Å²) in [5.74, 6) is -2.33. The van der Waals surface area contributed by atoms with Gasteiger partial charge < -0.3 is 20.3 Å². The van der Waals surface area contributed by atoms with Gasteiger partial charge in [0.05, 0.1) is 6.61 Å². The van der Waals surface area contributed by atoms with E-state index in [4.69, 9.17) is 9.84 Å². The predicted molar refractivity (Wildman–Crippen MR) is 109 cm³/mol. The van der Waals surface area contributed by atoms with Gasteiger partial charge in [-0.3, -0.25) is 9.59 Å². The summed E-state index contributed by atoms with van der Waals surface area (Å²) in [5.41, 5.74) is 1.78. The summed E-state index contributed by atoms with van der Waals surface area (Å²) in [4.78, 5) is 28.0. The van der Waals surface area contributed by atoms with Crippen molar-refractivity contribution in [2.45, 2.75) is 6.92 Å². The zero-order chi connectivity index (χ0) is 21.3. The number of nitrogens with zero attached hydrogens (tertiary/aromatic N) is 3. The number of amides is 1. The topological polar surface area (TPSA) is 126 Å². The van der Waals surface area contributed by atoms with Crippen molar-refractivity contribution in [1.82, 2.24) is 19.9 Å². The van der Waals surface area contributed by atoms with E-state index in [2.05, 4.69) is 15.4 Å². The van der Waals surface area contributed by atoms with Gasteiger partial charge in [-0.2, -0.15) is 4.98 Å². The number of carboxylic acids is 1. The maximum Gasteiger partial charge on any atom is 0.336 e. The van der Waals surface area contributed by atoms with Crippen LogP contribution in [0.4, 0.5) is 0 Å². The molecule has 0 aliphatic heterocycles. The Morgan fingerprint density at radius 1 is 1.13 bits per heavy atom. The minimum absolute atomic E-state index is 0.0412. The molecule has 0 unspecified atom stereocenters. The summed E-state index contributed by atoms with van der Waals surface area (Å²) >= 11 is 0. The molecule has 0 saturated carbocycles. The Labute approximate surface area is 170 Å². The van der Waals surface area contributed by atoms with Crippen molar-refractivity contribution < 1.29 is 24.5 Å². The molecule has 0 bridgehead atoms. The zero-order valence-corrected chi connectivity index (χ0v) is 16.0. The Bertz CT molecular complexity index is 1270. The number of ether oxygens (including phenoxy) is 1. The van der Waals surface area contributed by atoms with Gasteiger partial charge in [0, 0.05) is 10.8 Å². The Balaban J connectivity index is 2.05. The number of rotatable bonds is 6. The fourth-order valence-electron chi connectivity index (χ4n) is 3.32. The number of aromatic nitrogens is 3. The number of pyridine rings is 1. The average molecular weight is 406 g/mol. The molecular formula is C21H18N4O5. The molecule has 9 nitrogen and oxygen atoms in total. The summed E-state index contributed by atoms with van der Waals surface area (Å²) < 4.78 is 6.59. The highest BCUT2D eigenvalue weighted by molar-refractivity contribution is 6.12. The Morgan fingerprint density at radius 2 is 1.90 bits per heavy atom. The van der Waals surface area contributed by atoms with Gasteiger partial charge in [0.25, 0.3) is 5.91 Å². The molecule has 2 heterocycles. The smallest absolute Gasteiger partial charge is 0.336 e. The number of carbonyl (C=O) groups excluding carboxylic acids is 1. The van der Waals surface area contributed by atoms with Crippen molar-refractivity contribution in [1.29, 1.82) is 0 Å². The summed E-state index contributed by atoms with van der Waals surface area (Å²) in [6.07, 6.45) is 0. The van der Waals surface area contributed by atoms with E-state index in [9.17, 15) is 14.7 Å². The molecule has 0 fully saturated rings. The molecule has 2 aromatic carbocycles. The van der Waals surface area contributed by atoms with E-state index >= 15 is 0 Å². The van der Waals surface area contributed by atoms with Crippen molar-refractivity contribution in [3.05, 3.63) is 54.2 Å². The van der Waals surface area contributed by atoms with E-state index in [1.165, 1.54) is 4.52 Å². The third-order valence-corrected chi connectivity index (χ3v) is 4.54. The Kier molecular flexibility index (Phi) is 4.93. The highest BCUT2D eigenvalue weighted by Gasteiger charge is 2.25. The van der Waals surface area contributed by atoms with Crippen molar-refractivity contribution >= 4 is 28.3 Å². The number of nitrogens with one attached hydrogen (secondary N) is 1. The number of hydrogen-bond acceptors (Lipinski definition) is 6. The molecular weight excluding hydrogens is 388 g/mol. The lowest BCUT2D eigenvalue weighted by Gasteiger charge is -2.13. The molecule has 0 saturated heterocycles. The van der Waals surface area contributed by atoms with E-state index in [1.54, 1.807) is 19.1 Å². The monoisotopic (exact) mass is 406 g/mol. The van der Waals surface area contributed by atoms with Crippen LogP contribution in [0.3, 0.4) is 0 Å². The minimum Gasteiger partial charge on any atom is -0.505 e. The normalized spacial score (nSPS) is 11.0. The predicted octanol–water partition coefficient (Wildman–Crippen LogP) is 2.47. The number of carboxylic acid groups (broad SMARTS) is 1. The van der Waals surface area contributed by atoms with Crippen molar-refractivity contribution in [2.24, 2.45) is 0 Å². The first-order valence-electron chi connectivity index (χ1n) is 9.24. The van der Waals surface area contributed by atoms with E-state index in [-0.39, 0.29) is 17.5 Å². The molecule has 3 N–H and O–H groups in total. The van der Waals surface area contributed by atoms with Gasteiger partial charge in [0.15, 0.2) is 17.1 Å². The van der Waals surface area contributed by atoms with Crippen LogP contribution in [0.1, 0.15) is 17.4 Å². The van der Waals surface area contributed by atoms with E-state index in [0.717, 1.165) is 11.1 Å². The molecule has 1 amide bonds. The summed E-state index contributed by atoms with van der Waals surface area (Å²) in [6.45, 7) is 1.49. The first-order valence-corrected chi connectivity index (χ1v) is 9.24. The lowest BCUT2D eigenvalue weighted by Crippen LogP contribution is -2.31. The summed E-state index contributed by atoms with van der Waals surface area (Å²) in [5, 5.41) is 27.3. The van der Waals surface area contributed by atoms with Gasteiger partial charge in [0.1, 0.15) is 6.54 Å². The quantitative estimate of drug-likeness (QED) is 0.449. The van der Waals surface area contributed by atoms with E-state index < -0.39 is 18.4 Å². The molecule has 4 rings (SSSR count). The molecule has 9 heteroatoms. The maximum absolute atomic E-state index is 12.7. The van der Waals surface area contributed by atoms with Crippen LogP contribution >= 0.6 is 0 Å². The van der Waals surface area contributed by atoms with E-state index in [0.29, 0.717) is 23.0 Å². The molecule has 0 aliphatic carbocycles. The minimum atomic E-state index is -1.21. The Hall–Kier alpha value is -4.14. The highest BCUT2D eigenvalue weighted by atomic mass is 16.5. The van der Waals surface area contributed by atoms with Crippen LogP contribution in [0.25, 0.3) is 27.5 Å². The van der Waals surface area contributed by atoms with Crippen molar-refractivity contribution in [3.63, 3.8) is 0 Å². The third-order valence-electron chi connectivity index (χ3n) is 4.54. The first-order chi connectivity index (χ1) is 14.5. The zero-order valence-electron chi connectivity index (χ0n) is 16.0. The van der Waals surface area contributed by atoms with Gasteiger partial charge >= 0.3 is 12.0 Å². The molecule has 0 aliphatic rings. The Morgan fingerprint density at radius 3 is 2.60 bits per heavy atom. The molecule has 0 radical (unpaired) electrons. The van der Waals surface area contributed by atoms with Gasteiger partial charge in [-0.05, 0) is 18.1 Å². The average Bonchev–Trinajstić information content (AvgIpc) is 3.16. The summed E-state index contributed by atoms with van der Waals surface area (Å²) in [6, 6.07) is 14.9. The molecule has 152 valence electrons. The second kappa shape index (κ2) is 7.70. The van der Waals surface area contributed by atoms with Crippen LogP contribution in [0.15, 0.2) is 48.5 Å². The number of aliphatic carboxylic acids is 1. The number of fused-ring (bicyclic) bond motifs is 3. The van der Waals surface area contributed by atoms with Crippen molar-refractivity contribution in [3.8, 4) is 22.9 Å². The number of hydrogen-bond donors (Lipinski definition) is 3. The third kappa shape index (κ3) is 3.26. The molecule has 2 aromatic heterocycles. The largest absolute Gasteiger partial charge is 0.505 e. The van der Waals surface area contributed by atoms with Crippen LogP contribution in [-0.4, -0.2) is 49.8 Å². The molecule has 4 aromatic rings. The fraction of sp³-hybridized carbons (Fsp3) is 0.143. The lowest BCUT2D eigenvalue weighted by molar-refractivity contribution is -0.135. The first kappa shape index (κ1) is 19.2. The van der Waals surface area contributed by atoms with Crippen LogP contribution in [0, 0.1) is 0 Å². The molecule has 0 atom stereocenters. The lowest BCUT2D eigenvalue weighted by atomic mass is 9.98. The van der Waals surface area contributed by atoms with Crippen LogP contribution in [0.2, 0.25) is 0 Å².